The molecule has 0 heterocycles. The minimum absolute atomic E-state index is 0.0788. The Hall–Kier alpha value is -1.51. The van der Waals surface area contributed by atoms with Crippen molar-refractivity contribution in [2.45, 2.75) is 27.2 Å². The van der Waals surface area contributed by atoms with E-state index in [-0.39, 0.29) is 23.0 Å². The predicted molar refractivity (Wildman–Crippen MR) is 63.4 cm³/mol. The molecule has 0 saturated heterocycles. The molecule has 1 atom stereocenters. The summed E-state index contributed by atoms with van der Waals surface area (Å²) in [4.78, 5) is 11.8. The molecule has 1 aromatic carbocycles. The summed E-state index contributed by atoms with van der Waals surface area (Å²) in [5, 5.41) is 12.2. The van der Waals surface area contributed by atoms with Gasteiger partial charge in [0.2, 0.25) is 5.91 Å². The number of hydrogen-bond acceptors (Lipinski definition) is 2. The van der Waals surface area contributed by atoms with Crippen LogP contribution in [0.4, 0.5) is 5.69 Å². The van der Waals surface area contributed by atoms with Crippen molar-refractivity contribution in [3.8, 4) is 5.75 Å². The first-order valence-electron chi connectivity index (χ1n) is 5.50. The molecule has 0 aliphatic heterocycles. The molecule has 1 amide bonds. The molecular weight excluding hydrogens is 202 g/mol. The number of anilines is 1. The Morgan fingerprint density at radius 3 is 2.62 bits per heavy atom. The number of phenolic OH excluding ortho intramolecular Hbond substituents is 1. The van der Waals surface area contributed by atoms with Gasteiger partial charge < -0.3 is 10.4 Å². The zero-order valence-electron chi connectivity index (χ0n) is 9.87. The Morgan fingerprint density at radius 1 is 1.50 bits per heavy atom. The zero-order chi connectivity index (χ0) is 11.9. The quantitative estimate of drug-likeness (QED) is 0.751. The molecule has 16 heavy (non-hydrogen) atoms. The predicted octanol–water partition coefficient (Wildman–Crippen LogP) is 2.69. The fourth-order valence-corrected chi connectivity index (χ4v) is 1.88. The Bertz CT molecular complexity index is 438. The maximum atomic E-state index is 11.8. The molecule has 0 spiro atoms. The van der Waals surface area contributed by atoms with Crippen LogP contribution in [0.25, 0.3) is 0 Å². The molecule has 0 radical (unpaired) electrons. The average Bonchev–Trinajstić information content (AvgIpc) is 2.82. The van der Waals surface area contributed by atoms with Gasteiger partial charge in [-0.1, -0.05) is 13.8 Å². The highest BCUT2D eigenvalue weighted by Gasteiger charge is 2.50. The third-order valence-electron chi connectivity index (χ3n) is 3.29. The Kier molecular flexibility index (Phi) is 2.41. The lowest BCUT2D eigenvalue weighted by molar-refractivity contribution is -0.118. The van der Waals surface area contributed by atoms with Crippen molar-refractivity contribution in [1.29, 1.82) is 0 Å². The number of benzene rings is 1. The van der Waals surface area contributed by atoms with Gasteiger partial charge in [0.25, 0.3) is 0 Å². The zero-order valence-corrected chi connectivity index (χ0v) is 9.87. The van der Waals surface area contributed by atoms with Crippen LogP contribution in [0.1, 0.15) is 25.8 Å². The van der Waals surface area contributed by atoms with Gasteiger partial charge in [-0.2, -0.15) is 0 Å². The van der Waals surface area contributed by atoms with Gasteiger partial charge in [0, 0.05) is 11.6 Å². The first-order valence-corrected chi connectivity index (χ1v) is 5.50. The van der Waals surface area contributed by atoms with Crippen LogP contribution >= 0.6 is 0 Å². The van der Waals surface area contributed by atoms with Crippen LogP contribution in [0, 0.1) is 18.3 Å². The second-order valence-corrected chi connectivity index (χ2v) is 5.24. The highest BCUT2D eigenvalue weighted by atomic mass is 16.3. The van der Waals surface area contributed by atoms with Crippen LogP contribution in [0.5, 0.6) is 5.75 Å². The molecule has 2 N–H and O–H groups in total. The SMILES string of the molecule is Cc1cc(NC(=O)C2CC2(C)C)ccc1O. The van der Waals surface area contributed by atoms with Crippen LogP contribution in [0.15, 0.2) is 18.2 Å². The minimum atomic E-state index is 0.0788. The lowest BCUT2D eigenvalue weighted by atomic mass is 10.1. The summed E-state index contributed by atoms with van der Waals surface area (Å²) >= 11 is 0. The summed E-state index contributed by atoms with van der Waals surface area (Å²) in [5.41, 5.74) is 1.67. The molecule has 3 heteroatoms. The molecule has 3 nitrogen and oxygen atoms in total. The number of carbonyl (C=O) groups is 1. The molecule has 2 rings (SSSR count). The van der Waals surface area contributed by atoms with E-state index in [4.69, 9.17) is 0 Å². The molecule has 1 aromatic rings. The third kappa shape index (κ3) is 2.03. The molecule has 0 aromatic heterocycles. The highest BCUT2D eigenvalue weighted by Crippen LogP contribution is 2.52. The van der Waals surface area contributed by atoms with E-state index in [2.05, 4.69) is 19.2 Å². The number of aromatic hydroxyl groups is 1. The van der Waals surface area contributed by atoms with Crippen molar-refractivity contribution in [2.75, 3.05) is 5.32 Å². The van der Waals surface area contributed by atoms with Gasteiger partial charge in [0.1, 0.15) is 5.75 Å². The van der Waals surface area contributed by atoms with Crippen LogP contribution in [-0.2, 0) is 4.79 Å². The lowest BCUT2D eigenvalue weighted by Gasteiger charge is -2.08. The van der Waals surface area contributed by atoms with Crippen molar-refractivity contribution in [3.05, 3.63) is 23.8 Å². The van der Waals surface area contributed by atoms with Crippen molar-refractivity contribution in [2.24, 2.45) is 11.3 Å². The van der Waals surface area contributed by atoms with E-state index in [1.54, 1.807) is 18.2 Å². The maximum Gasteiger partial charge on any atom is 0.228 e. The monoisotopic (exact) mass is 219 g/mol. The Morgan fingerprint density at radius 2 is 2.12 bits per heavy atom. The maximum absolute atomic E-state index is 11.8. The molecule has 1 aliphatic rings. The van der Waals surface area contributed by atoms with Crippen molar-refractivity contribution < 1.29 is 9.90 Å². The van der Waals surface area contributed by atoms with Gasteiger partial charge in [-0.15, -0.1) is 0 Å². The highest BCUT2D eigenvalue weighted by molar-refractivity contribution is 5.95. The van der Waals surface area contributed by atoms with Crippen molar-refractivity contribution in [3.63, 3.8) is 0 Å². The summed E-state index contributed by atoms with van der Waals surface area (Å²) < 4.78 is 0. The number of rotatable bonds is 2. The van der Waals surface area contributed by atoms with Crippen LogP contribution in [-0.4, -0.2) is 11.0 Å². The van der Waals surface area contributed by atoms with Crippen LogP contribution < -0.4 is 5.32 Å². The van der Waals surface area contributed by atoms with Gasteiger partial charge in [-0.05, 0) is 42.5 Å². The van der Waals surface area contributed by atoms with E-state index in [9.17, 15) is 9.90 Å². The van der Waals surface area contributed by atoms with Crippen molar-refractivity contribution >= 4 is 11.6 Å². The van der Waals surface area contributed by atoms with Crippen LogP contribution in [0.3, 0.4) is 0 Å². The first-order chi connectivity index (χ1) is 7.40. The van der Waals surface area contributed by atoms with Crippen LogP contribution in [0.2, 0.25) is 0 Å². The van der Waals surface area contributed by atoms with Crippen molar-refractivity contribution in [1.82, 2.24) is 0 Å². The summed E-state index contributed by atoms with van der Waals surface area (Å²) in [6, 6.07) is 5.10. The standard InChI is InChI=1S/C13H17NO2/c1-8-6-9(4-5-11(8)15)14-12(16)10-7-13(10,2)3/h4-6,10,15H,7H2,1-3H3,(H,14,16). The van der Waals surface area contributed by atoms with Gasteiger partial charge in [0.05, 0.1) is 0 Å². The topological polar surface area (TPSA) is 49.3 Å². The van der Waals surface area contributed by atoms with E-state index in [1.165, 1.54) is 0 Å². The molecule has 1 saturated carbocycles. The number of nitrogens with one attached hydrogen (secondary N) is 1. The molecule has 1 aliphatic carbocycles. The number of aryl methyl sites for hydroxylation is 1. The summed E-state index contributed by atoms with van der Waals surface area (Å²) in [6.07, 6.45) is 0.954. The lowest BCUT2D eigenvalue weighted by Crippen LogP contribution is -2.16. The van der Waals surface area contributed by atoms with E-state index in [0.29, 0.717) is 0 Å². The summed E-state index contributed by atoms with van der Waals surface area (Å²) in [7, 11) is 0. The van der Waals surface area contributed by atoms with Gasteiger partial charge >= 0.3 is 0 Å². The van der Waals surface area contributed by atoms with Gasteiger partial charge in [-0.3, -0.25) is 4.79 Å². The summed E-state index contributed by atoms with van der Waals surface area (Å²) in [5.74, 6) is 0.460. The fraction of sp³-hybridized carbons (Fsp3) is 0.462. The number of phenols is 1. The molecule has 1 unspecified atom stereocenters. The van der Waals surface area contributed by atoms with Gasteiger partial charge in [0.15, 0.2) is 0 Å². The first kappa shape index (κ1) is 11.0. The minimum Gasteiger partial charge on any atom is -0.508 e. The third-order valence-corrected chi connectivity index (χ3v) is 3.29. The summed E-state index contributed by atoms with van der Waals surface area (Å²) in [6.45, 7) is 6.00. The van der Waals surface area contributed by atoms with E-state index in [0.717, 1.165) is 17.7 Å². The van der Waals surface area contributed by atoms with Gasteiger partial charge in [-0.25, -0.2) is 0 Å². The average molecular weight is 219 g/mol. The molecule has 86 valence electrons. The smallest absolute Gasteiger partial charge is 0.228 e. The molecule has 1 fully saturated rings. The fourth-order valence-electron chi connectivity index (χ4n) is 1.88. The number of amides is 1. The Labute approximate surface area is 95.5 Å². The molecular formula is C13H17NO2. The molecule has 0 bridgehead atoms. The van der Waals surface area contributed by atoms with E-state index >= 15 is 0 Å². The number of hydrogen-bond donors (Lipinski definition) is 2. The van der Waals surface area contributed by atoms with E-state index in [1.807, 2.05) is 6.92 Å². The second kappa shape index (κ2) is 3.51. The second-order valence-electron chi connectivity index (χ2n) is 5.24. The van der Waals surface area contributed by atoms with E-state index < -0.39 is 0 Å². The largest absolute Gasteiger partial charge is 0.508 e. The number of carbonyl (C=O) groups excluding carboxylic acids is 1. The Balaban J connectivity index is 2.05. The normalized spacial score (nSPS) is 21.6.